The van der Waals surface area contributed by atoms with Crippen LogP contribution in [0.2, 0.25) is 0 Å². The second kappa shape index (κ2) is 5.46. The molecule has 1 heterocycles. The second-order valence-corrected chi connectivity index (χ2v) is 4.85. The first-order chi connectivity index (χ1) is 7.84. The Kier molecular flexibility index (Phi) is 4.47. The van der Waals surface area contributed by atoms with Crippen LogP contribution < -0.4 is 5.32 Å². The van der Waals surface area contributed by atoms with Crippen molar-refractivity contribution in [2.24, 2.45) is 0 Å². The fraction of sp³-hybridized carbons (Fsp3) is 0.818. The van der Waals surface area contributed by atoms with Gasteiger partial charge in [0.15, 0.2) is 0 Å². The Balaban J connectivity index is 2.44. The molecule has 1 amide bonds. The highest BCUT2D eigenvalue weighted by Gasteiger charge is 2.34. The lowest BCUT2D eigenvalue weighted by molar-refractivity contribution is -0.153. The van der Waals surface area contributed by atoms with Gasteiger partial charge in [-0.1, -0.05) is 0 Å². The molecule has 0 radical (unpaired) electrons. The number of carboxylic acids is 1. The molecule has 0 aromatic carbocycles. The lowest BCUT2D eigenvalue weighted by Crippen LogP contribution is -2.60. The van der Waals surface area contributed by atoms with Crippen molar-refractivity contribution in [2.45, 2.75) is 32.4 Å². The van der Waals surface area contributed by atoms with Gasteiger partial charge >= 0.3 is 5.97 Å². The molecule has 0 unspecified atom stereocenters. The van der Waals surface area contributed by atoms with E-state index < -0.39 is 5.97 Å². The van der Waals surface area contributed by atoms with Crippen molar-refractivity contribution in [1.29, 1.82) is 0 Å². The third-order valence-corrected chi connectivity index (χ3v) is 2.79. The Hall–Kier alpha value is -1.14. The van der Waals surface area contributed by atoms with Crippen LogP contribution in [0.5, 0.6) is 0 Å². The van der Waals surface area contributed by atoms with E-state index in [1.165, 1.54) is 4.90 Å². The van der Waals surface area contributed by atoms with E-state index in [1.54, 1.807) is 13.8 Å². The smallest absolute Gasteiger partial charge is 0.323 e. The summed E-state index contributed by atoms with van der Waals surface area (Å²) < 4.78 is 5.49. The van der Waals surface area contributed by atoms with E-state index in [0.29, 0.717) is 0 Å². The van der Waals surface area contributed by atoms with E-state index in [4.69, 9.17) is 9.84 Å². The predicted octanol–water partition coefficient (Wildman–Crippen LogP) is -0.313. The van der Waals surface area contributed by atoms with Crippen molar-refractivity contribution in [3.63, 3.8) is 0 Å². The maximum Gasteiger partial charge on any atom is 0.323 e. The van der Waals surface area contributed by atoms with E-state index in [9.17, 15) is 9.59 Å². The van der Waals surface area contributed by atoms with E-state index in [0.717, 1.165) is 13.1 Å². The van der Waals surface area contributed by atoms with Crippen molar-refractivity contribution in [3.8, 4) is 0 Å². The van der Waals surface area contributed by atoms with E-state index in [-0.39, 0.29) is 30.7 Å². The van der Waals surface area contributed by atoms with Gasteiger partial charge < -0.3 is 20.1 Å². The molecule has 0 aliphatic carbocycles. The topological polar surface area (TPSA) is 78.9 Å². The van der Waals surface area contributed by atoms with Gasteiger partial charge in [-0.15, -0.1) is 0 Å². The highest BCUT2D eigenvalue weighted by atomic mass is 16.5. The maximum absolute atomic E-state index is 11.8. The van der Waals surface area contributed by atoms with Gasteiger partial charge in [0.25, 0.3) is 0 Å². The molecule has 1 rings (SSSR count). The minimum absolute atomic E-state index is 0.0658. The first-order valence-electron chi connectivity index (χ1n) is 5.70. The lowest BCUT2D eigenvalue weighted by Gasteiger charge is -2.39. The van der Waals surface area contributed by atoms with Gasteiger partial charge in [0.2, 0.25) is 5.91 Å². The third kappa shape index (κ3) is 3.98. The fourth-order valence-corrected chi connectivity index (χ4v) is 1.60. The van der Waals surface area contributed by atoms with Crippen LogP contribution in [0.25, 0.3) is 0 Å². The molecule has 17 heavy (non-hydrogen) atoms. The Morgan fingerprint density at radius 2 is 2.06 bits per heavy atom. The average Bonchev–Trinajstić information content (AvgIpc) is 2.19. The highest BCUT2D eigenvalue weighted by Crippen LogP contribution is 2.15. The molecule has 0 atom stereocenters. The van der Waals surface area contributed by atoms with Gasteiger partial charge in [0.1, 0.15) is 13.2 Å². The van der Waals surface area contributed by atoms with Gasteiger partial charge in [0.05, 0.1) is 5.60 Å². The van der Waals surface area contributed by atoms with Crippen LogP contribution in [0.15, 0.2) is 0 Å². The Labute approximate surface area is 101 Å². The van der Waals surface area contributed by atoms with Gasteiger partial charge in [-0.2, -0.15) is 0 Å². The van der Waals surface area contributed by atoms with Crippen molar-refractivity contribution in [3.05, 3.63) is 0 Å². The van der Waals surface area contributed by atoms with E-state index >= 15 is 0 Å². The number of nitrogens with one attached hydrogen (secondary N) is 1. The minimum atomic E-state index is -1.01. The number of rotatable bonds is 6. The summed E-state index contributed by atoms with van der Waals surface area (Å²) in [5.41, 5.74) is -0.290. The SMILES string of the molecule is CC(C)N(CC(=O)O)C(=O)COC1(C)CNC1. The Morgan fingerprint density at radius 3 is 2.41 bits per heavy atom. The fourth-order valence-electron chi connectivity index (χ4n) is 1.60. The molecule has 2 N–H and O–H groups in total. The predicted molar refractivity (Wildman–Crippen MR) is 61.7 cm³/mol. The molecular weight excluding hydrogens is 224 g/mol. The summed E-state index contributed by atoms with van der Waals surface area (Å²) in [4.78, 5) is 23.8. The summed E-state index contributed by atoms with van der Waals surface area (Å²) in [6.45, 7) is 6.59. The summed E-state index contributed by atoms with van der Waals surface area (Å²) in [5.74, 6) is -1.29. The minimum Gasteiger partial charge on any atom is -0.480 e. The first kappa shape index (κ1) is 13.9. The van der Waals surface area contributed by atoms with Crippen molar-refractivity contribution < 1.29 is 19.4 Å². The van der Waals surface area contributed by atoms with Crippen molar-refractivity contribution >= 4 is 11.9 Å². The number of hydrogen-bond donors (Lipinski definition) is 2. The van der Waals surface area contributed by atoms with Crippen LogP contribution in [-0.4, -0.2) is 59.8 Å². The molecule has 6 nitrogen and oxygen atoms in total. The number of amides is 1. The van der Waals surface area contributed by atoms with Crippen LogP contribution in [-0.2, 0) is 14.3 Å². The lowest BCUT2D eigenvalue weighted by atomic mass is 10.0. The number of carbonyl (C=O) groups excluding carboxylic acids is 1. The molecule has 1 saturated heterocycles. The van der Waals surface area contributed by atoms with Crippen LogP contribution in [0.1, 0.15) is 20.8 Å². The van der Waals surface area contributed by atoms with Crippen molar-refractivity contribution in [1.82, 2.24) is 10.2 Å². The number of carboxylic acid groups (broad SMARTS) is 1. The molecular formula is C11H20N2O4. The summed E-state index contributed by atoms with van der Waals surface area (Å²) in [5, 5.41) is 11.8. The van der Waals surface area contributed by atoms with E-state index in [1.807, 2.05) is 6.92 Å². The van der Waals surface area contributed by atoms with Crippen LogP contribution in [0, 0.1) is 0 Å². The third-order valence-electron chi connectivity index (χ3n) is 2.79. The molecule has 0 saturated carbocycles. The number of ether oxygens (including phenoxy) is 1. The van der Waals surface area contributed by atoms with Gasteiger partial charge in [-0.25, -0.2) is 0 Å². The Morgan fingerprint density at radius 1 is 1.47 bits per heavy atom. The largest absolute Gasteiger partial charge is 0.480 e. The first-order valence-corrected chi connectivity index (χ1v) is 5.70. The molecule has 1 aliphatic rings. The summed E-state index contributed by atoms with van der Waals surface area (Å²) in [6.07, 6.45) is 0. The van der Waals surface area contributed by atoms with Gasteiger partial charge in [-0.3, -0.25) is 9.59 Å². The number of hydrogen-bond acceptors (Lipinski definition) is 4. The number of nitrogens with zero attached hydrogens (tertiary/aromatic N) is 1. The van der Waals surface area contributed by atoms with Gasteiger partial charge in [0, 0.05) is 19.1 Å². The standard InChI is InChI=1S/C11H20N2O4/c1-8(2)13(4-10(15)16)9(14)5-17-11(3)6-12-7-11/h8,12H,4-7H2,1-3H3,(H,15,16). The van der Waals surface area contributed by atoms with Crippen LogP contribution in [0.3, 0.4) is 0 Å². The normalized spacial score (nSPS) is 17.6. The Bertz CT molecular complexity index is 300. The zero-order valence-electron chi connectivity index (χ0n) is 10.5. The molecule has 0 aromatic heterocycles. The zero-order chi connectivity index (χ0) is 13.1. The summed E-state index contributed by atoms with van der Waals surface area (Å²) in [7, 11) is 0. The van der Waals surface area contributed by atoms with Gasteiger partial charge in [-0.05, 0) is 20.8 Å². The van der Waals surface area contributed by atoms with E-state index in [2.05, 4.69) is 5.32 Å². The molecule has 0 aromatic rings. The zero-order valence-corrected chi connectivity index (χ0v) is 10.5. The second-order valence-electron chi connectivity index (χ2n) is 4.85. The number of aliphatic carboxylic acids is 1. The van der Waals surface area contributed by atoms with Crippen molar-refractivity contribution in [2.75, 3.05) is 26.2 Å². The molecule has 1 aliphatic heterocycles. The molecule has 6 heteroatoms. The average molecular weight is 244 g/mol. The number of carbonyl (C=O) groups is 2. The quantitative estimate of drug-likeness (QED) is 0.670. The summed E-state index contributed by atoms with van der Waals surface area (Å²) in [6, 6.07) is -0.144. The van der Waals surface area contributed by atoms with Crippen LogP contribution >= 0.6 is 0 Å². The van der Waals surface area contributed by atoms with Crippen LogP contribution in [0.4, 0.5) is 0 Å². The molecule has 98 valence electrons. The molecule has 0 bridgehead atoms. The molecule has 0 spiro atoms. The maximum atomic E-state index is 11.8. The monoisotopic (exact) mass is 244 g/mol. The summed E-state index contributed by atoms with van der Waals surface area (Å²) >= 11 is 0. The molecule has 1 fully saturated rings. The highest BCUT2D eigenvalue weighted by molar-refractivity contribution is 5.82.